The van der Waals surface area contributed by atoms with Crippen LogP contribution in [0.1, 0.15) is 39.1 Å². The van der Waals surface area contributed by atoms with Gasteiger partial charge in [0.25, 0.3) is 17.5 Å². The number of nitro benzene ring substituents is 1. The highest BCUT2D eigenvalue weighted by atomic mass is 16.6. The second kappa shape index (κ2) is 6.72. The summed E-state index contributed by atoms with van der Waals surface area (Å²) >= 11 is 0. The van der Waals surface area contributed by atoms with Crippen LogP contribution in [0, 0.1) is 17.0 Å². The van der Waals surface area contributed by atoms with E-state index in [1.165, 1.54) is 6.07 Å². The van der Waals surface area contributed by atoms with Crippen molar-refractivity contribution in [3.8, 4) is 0 Å². The molecular weight excluding hydrogens is 322 g/mol. The van der Waals surface area contributed by atoms with E-state index < -0.39 is 10.8 Å². The molecule has 2 amide bonds. The van der Waals surface area contributed by atoms with Crippen molar-refractivity contribution in [2.45, 2.75) is 25.8 Å². The van der Waals surface area contributed by atoms with Crippen LogP contribution in [0.2, 0.25) is 0 Å². The van der Waals surface area contributed by atoms with E-state index in [9.17, 15) is 19.7 Å². The van der Waals surface area contributed by atoms with E-state index in [0.717, 1.165) is 12.8 Å². The fourth-order valence-corrected chi connectivity index (χ4v) is 2.56. The van der Waals surface area contributed by atoms with Crippen LogP contribution in [-0.2, 0) is 0 Å². The minimum atomic E-state index is -0.623. The Balaban J connectivity index is 1.88. The van der Waals surface area contributed by atoms with Gasteiger partial charge >= 0.3 is 0 Å². The second-order valence-electron chi connectivity index (χ2n) is 5.98. The van der Waals surface area contributed by atoms with E-state index in [1.54, 1.807) is 43.3 Å². The minimum Gasteiger partial charge on any atom is -0.349 e. The normalized spacial score (nSPS) is 13.2. The Labute approximate surface area is 144 Å². The maximum Gasteiger partial charge on any atom is 0.285 e. The first-order valence-electron chi connectivity index (χ1n) is 7.92. The average Bonchev–Trinajstić information content (AvgIpc) is 3.38. The smallest absolute Gasteiger partial charge is 0.285 e. The molecule has 0 atom stereocenters. The summed E-state index contributed by atoms with van der Waals surface area (Å²) in [6, 6.07) is 11.3. The summed E-state index contributed by atoms with van der Waals surface area (Å²) in [5.41, 5.74) is 0.777. The van der Waals surface area contributed by atoms with Gasteiger partial charge in [0.1, 0.15) is 5.56 Å². The first-order valence-corrected chi connectivity index (χ1v) is 7.92. The van der Waals surface area contributed by atoms with E-state index in [-0.39, 0.29) is 23.2 Å². The van der Waals surface area contributed by atoms with Gasteiger partial charge in [-0.25, -0.2) is 0 Å². The molecule has 3 rings (SSSR count). The Morgan fingerprint density at radius 2 is 1.72 bits per heavy atom. The van der Waals surface area contributed by atoms with Crippen molar-refractivity contribution in [3.63, 3.8) is 0 Å². The number of rotatable bonds is 5. The number of hydrogen-bond donors (Lipinski definition) is 2. The Bertz CT molecular complexity index is 859. The van der Waals surface area contributed by atoms with Crippen LogP contribution in [0.25, 0.3) is 0 Å². The Hall–Kier alpha value is -3.22. The van der Waals surface area contributed by atoms with E-state index >= 15 is 0 Å². The Kier molecular flexibility index (Phi) is 4.47. The van der Waals surface area contributed by atoms with E-state index in [0.29, 0.717) is 16.8 Å². The van der Waals surface area contributed by atoms with Gasteiger partial charge in [0.2, 0.25) is 0 Å². The molecule has 2 aromatic carbocycles. The number of para-hydroxylation sites is 2. The zero-order valence-corrected chi connectivity index (χ0v) is 13.6. The number of benzene rings is 2. The van der Waals surface area contributed by atoms with Crippen molar-refractivity contribution in [2.24, 2.45) is 0 Å². The van der Waals surface area contributed by atoms with Crippen molar-refractivity contribution in [1.29, 1.82) is 0 Å². The molecule has 1 aliphatic rings. The Morgan fingerprint density at radius 3 is 2.40 bits per heavy atom. The highest BCUT2D eigenvalue weighted by Crippen LogP contribution is 2.25. The lowest BCUT2D eigenvalue weighted by molar-refractivity contribution is -0.385. The third-order valence-corrected chi connectivity index (χ3v) is 4.00. The summed E-state index contributed by atoms with van der Waals surface area (Å²) < 4.78 is 0. The maximum atomic E-state index is 12.6. The molecule has 25 heavy (non-hydrogen) atoms. The highest BCUT2D eigenvalue weighted by molar-refractivity contribution is 6.11. The van der Waals surface area contributed by atoms with Crippen LogP contribution in [-0.4, -0.2) is 22.8 Å². The van der Waals surface area contributed by atoms with Crippen LogP contribution < -0.4 is 10.6 Å². The van der Waals surface area contributed by atoms with Crippen molar-refractivity contribution in [1.82, 2.24) is 5.32 Å². The Morgan fingerprint density at radius 1 is 1.04 bits per heavy atom. The number of carbonyl (C=O) groups is 2. The molecule has 0 saturated heterocycles. The maximum absolute atomic E-state index is 12.6. The number of amides is 2. The van der Waals surface area contributed by atoms with Crippen molar-refractivity contribution >= 4 is 23.2 Å². The molecule has 2 aromatic rings. The first kappa shape index (κ1) is 16.6. The number of nitrogens with one attached hydrogen (secondary N) is 2. The average molecular weight is 339 g/mol. The lowest BCUT2D eigenvalue weighted by Crippen LogP contribution is -2.27. The molecule has 1 aliphatic carbocycles. The topological polar surface area (TPSA) is 101 Å². The van der Waals surface area contributed by atoms with Crippen molar-refractivity contribution < 1.29 is 14.5 Å². The largest absolute Gasteiger partial charge is 0.349 e. The predicted octanol–water partition coefficient (Wildman–Crippen LogP) is 3.05. The van der Waals surface area contributed by atoms with Gasteiger partial charge in [-0.15, -0.1) is 0 Å². The zero-order chi connectivity index (χ0) is 18.0. The van der Waals surface area contributed by atoms with Gasteiger partial charge in [0, 0.05) is 11.6 Å². The second-order valence-corrected chi connectivity index (χ2v) is 5.98. The SMILES string of the molecule is Cc1cccc(C(=O)Nc2ccccc2C(=O)NC2CC2)c1[N+](=O)[O-]. The van der Waals surface area contributed by atoms with Gasteiger partial charge in [0.05, 0.1) is 16.2 Å². The third-order valence-electron chi connectivity index (χ3n) is 4.00. The molecule has 1 saturated carbocycles. The van der Waals surface area contributed by atoms with Crippen molar-refractivity contribution in [2.75, 3.05) is 5.32 Å². The lowest BCUT2D eigenvalue weighted by atomic mass is 10.1. The zero-order valence-electron chi connectivity index (χ0n) is 13.6. The standard InChI is InChI=1S/C18H17N3O4/c1-11-5-4-7-14(16(11)21(24)25)18(23)20-15-8-3-2-6-13(15)17(22)19-12-9-10-12/h2-8,12H,9-10H2,1H3,(H,19,22)(H,20,23). The van der Waals surface area contributed by atoms with Gasteiger partial charge in [0.15, 0.2) is 0 Å². The quantitative estimate of drug-likeness (QED) is 0.645. The molecule has 0 bridgehead atoms. The third kappa shape index (κ3) is 3.65. The number of nitro groups is 1. The summed E-state index contributed by atoms with van der Waals surface area (Å²) in [7, 11) is 0. The molecule has 0 aromatic heterocycles. The van der Waals surface area contributed by atoms with Gasteiger partial charge in [-0.1, -0.05) is 24.3 Å². The summed E-state index contributed by atoms with van der Waals surface area (Å²) in [6.45, 7) is 1.58. The molecule has 7 nitrogen and oxygen atoms in total. The minimum absolute atomic E-state index is 0.0394. The van der Waals surface area contributed by atoms with Crippen LogP contribution >= 0.6 is 0 Å². The summed E-state index contributed by atoms with van der Waals surface area (Å²) in [6.07, 6.45) is 1.91. The first-order chi connectivity index (χ1) is 12.0. The molecule has 0 radical (unpaired) electrons. The molecule has 0 spiro atoms. The van der Waals surface area contributed by atoms with Crippen LogP contribution in [0.15, 0.2) is 42.5 Å². The number of hydrogen-bond acceptors (Lipinski definition) is 4. The van der Waals surface area contributed by atoms with E-state index in [2.05, 4.69) is 10.6 Å². The molecule has 0 heterocycles. The van der Waals surface area contributed by atoms with Crippen LogP contribution in [0.3, 0.4) is 0 Å². The monoisotopic (exact) mass is 339 g/mol. The molecule has 1 fully saturated rings. The molecule has 2 N–H and O–H groups in total. The van der Waals surface area contributed by atoms with Gasteiger partial charge in [-0.3, -0.25) is 19.7 Å². The van der Waals surface area contributed by atoms with Gasteiger partial charge in [-0.2, -0.15) is 0 Å². The van der Waals surface area contributed by atoms with E-state index in [4.69, 9.17) is 0 Å². The molecular formula is C18H17N3O4. The van der Waals surface area contributed by atoms with Gasteiger partial charge in [-0.05, 0) is 38.0 Å². The summed E-state index contributed by atoms with van der Waals surface area (Å²) in [4.78, 5) is 35.5. The van der Waals surface area contributed by atoms with Crippen molar-refractivity contribution in [3.05, 3.63) is 69.3 Å². The van der Waals surface area contributed by atoms with Gasteiger partial charge < -0.3 is 10.6 Å². The van der Waals surface area contributed by atoms with Crippen LogP contribution in [0.4, 0.5) is 11.4 Å². The highest BCUT2D eigenvalue weighted by Gasteiger charge is 2.26. The summed E-state index contributed by atoms with van der Waals surface area (Å²) in [5.74, 6) is -0.890. The molecule has 128 valence electrons. The fourth-order valence-electron chi connectivity index (χ4n) is 2.56. The number of nitrogens with zero attached hydrogens (tertiary/aromatic N) is 1. The summed E-state index contributed by atoms with van der Waals surface area (Å²) in [5, 5.41) is 16.7. The van der Waals surface area contributed by atoms with Crippen LogP contribution in [0.5, 0.6) is 0 Å². The number of anilines is 1. The van der Waals surface area contributed by atoms with E-state index in [1.807, 2.05) is 0 Å². The fraction of sp³-hybridized carbons (Fsp3) is 0.222. The molecule has 0 unspecified atom stereocenters. The molecule has 7 heteroatoms. The number of aryl methyl sites for hydroxylation is 1. The predicted molar refractivity (Wildman–Crippen MR) is 92.7 cm³/mol. The molecule has 0 aliphatic heterocycles. The number of carbonyl (C=O) groups excluding carboxylic acids is 2. The lowest BCUT2D eigenvalue weighted by Gasteiger charge is -2.11.